The van der Waals surface area contributed by atoms with Gasteiger partial charge in [-0.1, -0.05) is 0 Å². The summed E-state index contributed by atoms with van der Waals surface area (Å²) >= 11 is 0. The SMILES string of the molecule is Nc1ccc2nnc(-c3ccc(F)c(F)c3F)n2c1. The Morgan fingerprint density at radius 2 is 1.74 bits per heavy atom. The van der Waals surface area contributed by atoms with E-state index in [-0.39, 0.29) is 11.4 Å². The molecule has 2 heterocycles. The molecule has 2 N–H and O–H groups in total. The highest BCUT2D eigenvalue weighted by Gasteiger charge is 2.18. The minimum absolute atomic E-state index is 0.0544. The lowest BCUT2D eigenvalue weighted by Crippen LogP contribution is -1.98. The molecule has 0 aliphatic carbocycles. The van der Waals surface area contributed by atoms with Gasteiger partial charge in [0.2, 0.25) is 0 Å². The summed E-state index contributed by atoms with van der Waals surface area (Å²) in [4.78, 5) is 0. The third kappa shape index (κ3) is 1.70. The molecule has 3 rings (SSSR count). The number of aromatic nitrogens is 3. The summed E-state index contributed by atoms with van der Waals surface area (Å²) in [7, 11) is 0. The van der Waals surface area contributed by atoms with E-state index in [0.29, 0.717) is 11.3 Å². The Morgan fingerprint density at radius 3 is 2.53 bits per heavy atom. The summed E-state index contributed by atoms with van der Waals surface area (Å²) in [5.41, 5.74) is 6.27. The van der Waals surface area contributed by atoms with E-state index >= 15 is 0 Å². The number of nitrogens with two attached hydrogens (primary N) is 1. The zero-order chi connectivity index (χ0) is 13.6. The molecule has 0 radical (unpaired) electrons. The van der Waals surface area contributed by atoms with Gasteiger partial charge in [-0.25, -0.2) is 13.2 Å². The molecule has 4 nitrogen and oxygen atoms in total. The van der Waals surface area contributed by atoms with Crippen molar-refractivity contribution in [2.24, 2.45) is 0 Å². The van der Waals surface area contributed by atoms with Crippen LogP contribution in [0.5, 0.6) is 0 Å². The number of hydrogen-bond acceptors (Lipinski definition) is 3. The first-order chi connectivity index (χ1) is 9.08. The Morgan fingerprint density at radius 1 is 0.947 bits per heavy atom. The van der Waals surface area contributed by atoms with Crippen molar-refractivity contribution >= 4 is 11.3 Å². The Hall–Kier alpha value is -2.57. The quantitative estimate of drug-likeness (QED) is 0.686. The van der Waals surface area contributed by atoms with Crippen molar-refractivity contribution in [3.8, 4) is 11.4 Å². The Bertz CT molecular complexity index is 782. The lowest BCUT2D eigenvalue weighted by Gasteiger charge is -2.03. The van der Waals surface area contributed by atoms with Crippen LogP contribution in [0.3, 0.4) is 0 Å². The number of hydrogen-bond donors (Lipinski definition) is 1. The minimum atomic E-state index is -1.54. The predicted octanol–water partition coefficient (Wildman–Crippen LogP) is 2.40. The smallest absolute Gasteiger partial charge is 0.195 e. The van der Waals surface area contributed by atoms with Crippen molar-refractivity contribution in [1.29, 1.82) is 0 Å². The van der Waals surface area contributed by atoms with Crippen molar-refractivity contribution in [2.75, 3.05) is 5.73 Å². The highest BCUT2D eigenvalue weighted by atomic mass is 19.2. The molecule has 96 valence electrons. The van der Waals surface area contributed by atoms with Crippen molar-refractivity contribution in [3.63, 3.8) is 0 Å². The molecule has 0 fully saturated rings. The van der Waals surface area contributed by atoms with Crippen LogP contribution in [-0.4, -0.2) is 14.6 Å². The normalized spacial score (nSPS) is 11.1. The second kappa shape index (κ2) is 3.98. The molecule has 0 saturated heterocycles. The largest absolute Gasteiger partial charge is 0.398 e. The molecule has 0 spiro atoms. The molecule has 0 unspecified atom stereocenters. The van der Waals surface area contributed by atoms with Gasteiger partial charge in [-0.05, 0) is 24.3 Å². The number of anilines is 1. The molecular formula is C12H7F3N4. The monoisotopic (exact) mass is 264 g/mol. The van der Waals surface area contributed by atoms with Gasteiger partial charge in [0.05, 0.1) is 5.56 Å². The van der Waals surface area contributed by atoms with Crippen LogP contribution >= 0.6 is 0 Å². The first-order valence-corrected chi connectivity index (χ1v) is 5.32. The second-order valence-electron chi connectivity index (χ2n) is 3.94. The van der Waals surface area contributed by atoms with Crippen LogP contribution in [0.2, 0.25) is 0 Å². The molecule has 19 heavy (non-hydrogen) atoms. The van der Waals surface area contributed by atoms with Gasteiger partial charge in [0.1, 0.15) is 0 Å². The Kier molecular flexibility index (Phi) is 2.41. The zero-order valence-electron chi connectivity index (χ0n) is 9.44. The summed E-state index contributed by atoms with van der Waals surface area (Å²) in [5.74, 6) is -4.05. The lowest BCUT2D eigenvalue weighted by atomic mass is 10.2. The van der Waals surface area contributed by atoms with Crippen LogP contribution < -0.4 is 5.73 Å². The van der Waals surface area contributed by atoms with Crippen LogP contribution in [0.4, 0.5) is 18.9 Å². The fourth-order valence-electron chi connectivity index (χ4n) is 1.79. The number of pyridine rings is 1. The lowest BCUT2D eigenvalue weighted by molar-refractivity contribution is 0.448. The average Bonchev–Trinajstić information content (AvgIpc) is 2.79. The highest BCUT2D eigenvalue weighted by molar-refractivity contribution is 5.61. The van der Waals surface area contributed by atoms with Gasteiger partial charge < -0.3 is 5.73 Å². The maximum Gasteiger partial charge on any atom is 0.195 e. The van der Waals surface area contributed by atoms with Crippen molar-refractivity contribution in [1.82, 2.24) is 14.6 Å². The molecule has 3 aromatic rings. The number of halogens is 3. The van der Waals surface area contributed by atoms with E-state index in [1.54, 1.807) is 12.1 Å². The molecular weight excluding hydrogens is 257 g/mol. The third-order valence-electron chi connectivity index (χ3n) is 2.70. The van der Waals surface area contributed by atoms with Crippen LogP contribution in [0.15, 0.2) is 30.5 Å². The summed E-state index contributed by atoms with van der Waals surface area (Å²) < 4.78 is 41.3. The van der Waals surface area contributed by atoms with Crippen LogP contribution in [0.25, 0.3) is 17.0 Å². The van der Waals surface area contributed by atoms with Gasteiger partial charge in [0.25, 0.3) is 0 Å². The zero-order valence-corrected chi connectivity index (χ0v) is 9.44. The van der Waals surface area contributed by atoms with E-state index in [1.807, 2.05) is 0 Å². The topological polar surface area (TPSA) is 56.2 Å². The van der Waals surface area contributed by atoms with E-state index in [2.05, 4.69) is 10.2 Å². The van der Waals surface area contributed by atoms with Gasteiger partial charge in [0, 0.05) is 11.9 Å². The molecule has 0 aliphatic heterocycles. The number of rotatable bonds is 1. The summed E-state index contributed by atoms with van der Waals surface area (Å²) in [6.07, 6.45) is 1.48. The van der Waals surface area contributed by atoms with Gasteiger partial charge in [-0.15, -0.1) is 10.2 Å². The van der Waals surface area contributed by atoms with E-state index in [9.17, 15) is 13.2 Å². The van der Waals surface area contributed by atoms with Gasteiger partial charge in [0.15, 0.2) is 28.9 Å². The number of nitrogen functional groups attached to an aromatic ring is 1. The fraction of sp³-hybridized carbons (Fsp3) is 0. The average molecular weight is 264 g/mol. The number of fused-ring (bicyclic) bond motifs is 1. The maximum atomic E-state index is 13.7. The Labute approximate surface area is 105 Å². The third-order valence-corrected chi connectivity index (χ3v) is 2.70. The van der Waals surface area contributed by atoms with Crippen molar-refractivity contribution in [3.05, 3.63) is 47.9 Å². The molecule has 2 aromatic heterocycles. The van der Waals surface area contributed by atoms with Crippen molar-refractivity contribution < 1.29 is 13.2 Å². The molecule has 1 aromatic carbocycles. The second-order valence-corrected chi connectivity index (χ2v) is 3.94. The van der Waals surface area contributed by atoms with Crippen LogP contribution in [0.1, 0.15) is 0 Å². The van der Waals surface area contributed by atoms with E-state index in [4.69, 9.17) is 5.73 Å². The van der Waals surface area contributed by atoms with E-state index in [0.717, 1.165) is 12.1 Å². The van der Waals surface area contributed by atoms with Gasteiger partial charge in [-0.3, -0.25) is 4.40 Å². The minimum Gasteiger partial charge on any atom is -0.398 e. The predicted molar refractivity (Wildman–Crippen MR) is 62.7 cm³/mol. The van der Waals surface area contributed by atoms with Gasteiger partial charge in [-0.2, -0.15) is 0 Å². The first kappa shape index (κ1) is 11.5. The highest BCUT2D eigenvalue weighted by Crippen LogP contribution is 2.25. The first-order valence-electron chi connectivity index (χ1n) is 5.32. The molecule has 0 amide bonds. The maximum absolute atomic E-state index is 13.7. The summed E-state index contributed by atoms with van der Waals surface area (Å²) in [6, 6.07) is 5.13. The standard InChI is InChI=1S/C12H7F3N4/c13-8-3-2-7(10(14)11(8)15)12-18-17-9-4-1-6(16)5-19(9)12/h1-5H,16H2. The molecule has 0 bridgehead atoms. The van der Waals surface area contributed by atoms with E-state index < -0.39 is 17.5 Å². The van der Waals surface area contributed by atoms with Gasteiger partial charge >= 0.3 is 0 Å². The molecule has 0 saturated carbocycles. The number of nitrogens with zero attached hydrogens (tertiary/aromatic N) is 3. The number of benzene rings is 1. The van der Waals surface area contributed by atoms with Crippen molar-refractivity contribution in [2.45, 2.75) is 0 Å². The molecule has 0 aliphatic rings. The summed E-state index contributed by atoms with van der Waals surface area (Å²) in [5, 5.41) is 7.57. The van der Waals surface area contributed by atoms with Crippen LogP contribution in [0, 0.1) is 17.5 Å². The molecule has 0 atom stereocenters. The summed E-state index contributed by atoms with van der Waals surface area (Å²) in [6.45, 7) is 0. The molecule has 7 heteroatoms. The van der Waals surface area contributed by atoms with Crippen LogP contribution in [-0.2, 0) is 0 Å². The van der Waals surface area contributed by atoms with E-state index in [1.165, 1.54) is 10.6 Å². The fourth-order valence-corrected chi connectivity index (χ4v) is 1.79. The Balaban J connectivity index is 2.31.